The summed E-state index contributed by atoms with van der Waals surface area (Å²) in [4.78, 5) is 8.69. The van der Waals surface area contributed by atoms with Crippen LogP contribution >= 0.6 is 11.3 Å². The van der Waals surface area contributed by atoms with Crippen LogP contribution in [0.15, 0.2) is 52.4 Å². The van der Waals surface area contributed by atoms with Gasteiger partial charge < -0.3 is 4.52 Å². The molecule has 0 spiro atoms. The van der Waals surface area contributed by atoms with Crippen LogP contribution in [0.1, 0.15) is 41.8 Å². The molecule has 0 aliphatic heterocycles. The van der Waals surface area contributed by atoms with Gasteiger partial charge in [0.25, 0.3) is 0 Å². The number of sulfone groups is 1. The molecule has 0 bridgehead atoms. The van der Waals surface area contributed by atoms with Gasteiger partial charge in [-0.25, -0.2) is 17.8 Å². The fourth-order valence-corrected chi connectivity index (χ4v) is 5.27. The molecule has 0 aliphatic rings. The number of nitrogens with zero attached hydrogens (tertiary/aromatic N) is 3. The topological polar surface area (TPSA) is 86.0 Å². The Labute approximate surface area is 190 Å². The molecule has 166 valence electrons. The Balaban J connectivity index is 1.51. The monoisotopic (exact) mass is 471 g/mol. The summed E-state index contributed by atoms with van der Waals surface area (Å²) in [6, 6.07) is 12.6. The average molecular weight is 472 g/mol. The Morgan fingerprint density at radius 3 is 2.50 bits per heavy atom. The molecule has 32 heavy (non-hydrogen) atoms. The van der Waals surface area contributed by atoms with Crippen LogP contribution in [0.25, 0.3) is 22.0 Å². The van der Waals surface area contributed by atoms with Crippen molar-refractivity contribution in [2.75, 3.05) is 0 Å². The van der Waals surface area contributed by atoms with E-state index in [4.69, 9.17) is 4.52 Å². The summed E-state index contributed by atoms with van der Waals surface area (Å²) < 4.78 is 44.9. The largest absolute Gasteiger partial charge is 0.338 e. The molecular weight excluding hydrogens is 449 g/mol. The van der Waals surface area contributed by atoms with E-state index in [1.54, 1.807) is 24.4 Å². The van der Waals surface area contributed by atoms with Crippen LogP contribution in [0.4, 0.5) is 4.39 Å². The average Bonchev–Trinajstić information content (AvgIpc) is 3.45. The SMILES string of the molecule is CCc1ccc(-c2nc(CS(=O)(=O)C(C)c3nc(-c4ccc(C)c(F)c4)no3)cs2)cc1. The molecule has 0 saturated carbocycles. The van der Waals surface area contributed by atoms with E-state index in [1.807, 2.05) is 24.3 Å². The first-order chi connectivity index (χ1) is 15.3. The van der Waals surface area contributed by atoms with Crippen molar-refractivity contribution in [2.24, 2.45) is 0 Å². The van der Waals surface area contributed by atoms with Crippen molar-refractivity contribution < 1.29 is 17.3 Å². The summed E-state index contributed by atoms with van der Waals surface area (Å²) in [6.07, 6.45) is 0.954. The van der Waals surface area contributed by atoms with Gasteiger partial charge >= 0.3 is 0 Å². The lowest BCUT2D eigenvalue weighted by Crippen LogP contribution is -2.13. The number of hydrogen-bond donors (Lipinski definition) is 0. The maximum atomic E-state index is 13.8. The van der Waals surface area contributed by atoms with E-state index in [9.17, 15) is 12.8 Å². The van der Waals surface area contributed by atoms with Gasteiger partial charge in [0.05, 0.1) is 11.4 Å². The van der Waals surface area contributed by atoms with Crippen molar-refractivity contribution in [3.63, 3.8) is 0 Å². The van der Waals surface area contributed by atoms with Crippen molar-refractivity contribution in [3.8, 4) is 22.0 Å². The lowest BCUT2D eigenvalue weighted by molar-refractivity contribution is 0.377. The van der Waals surface area contributed by atoms with Crippen molar-refractivity contribution in [3.05, 3.63) is 76.4 Å². The van der Waals surface area contributed by atoms with E-state index < -0.39 is 20.9 Å². The maximum Gasteiger partial charge on any atom is 0.245 e. The minimum atomic E-state index is -3.66. The van der Waals surface area contributed by atoms with E-state index in [0.717, 1.165) is 17.0 Å². The summed E-state index contributed by atoms with van der Waals surface area (Å²) in [6.45, 7) is 5.24. The van der Waals surface area contributed by atoms with Crippen molar-refractivity contribution >= 4 is 21.2 Å². The van der Waals surface area contributed by atoms with Crippen LogP contribution in [-0.4, -0.2) is 23.5 Å². The highest BCUT2D eigenvalue weighted by Gasteiger charge is 2.29. The van der Waals surface area contributed by atoms with Gasteiger partial charge in [0.2, 0.25) is 11.7 Å². The molecular formula is C23H22FN3O3S2. The van der Waals surface area contributed by atoms with Crippen LogP contribution in [0.5, 0.6) is 0 Å². The molecule has 4 aromatic rings. The van der Waals surface area contributed by atoms with Crippen LogP contribution in [0.3, 0.4) is 0 Å². The number of thiazole rings is 1. The third-order valence-corrected chi connectivity index (χ3v) is 8.19. The zero-order chi connectivity index (χ0) is 22.9. The van der Waals surface area contributed by atoms with Crippen LogP contribution < -0.4 is 0 Å². The number of aromatic nitrogens is 3. The molecule has 2 aromatic carbocycles. The van der Waals surface area contributed by atoms with Gasteiger partial charge in [-0.3, -0.25) is 0 Å². The fourth-order valence-electron chi connectivity index (χ4n) is 3.12. The van der Waals surface area contributed by atoms with Gasteiger partial charge in [0, 0.05) is 16.5 Å². The highest BCUT2D eigenvalue weighted by Crippen LogP contribution is 2.29. The Morgan fingerprint density at radius 1 is 1.09 bits per heavy atom. The third kappa shape index (κ3) is 4.63. The number of aryl methyl sites for hydroxylation is 2. The van der Waals surface area contributed by atoms with Gasteiger partial charge in [-0.15, -0.1) is 11.3 Å². The third-order valence-electron chi connectivity index (χ3n) is 5.27. The highest BCUT2D eigenvalue weighted by molar-refractivity contribution is 7.90. The minimum Gasteiger partial charge on any atom is -0.338 e. The van der Waals surface area contributed by atoms with Crippen LogP contribution in [0, 0.1) is 12.7 Å². The van der Waals surface area contributed by atoms with E-state index in [0.29, 0.717) is 16.8 Å². The number of benzene rings is 2. The first kappa shape index (κ1) is 22.3. The predicted molar refractivity (Wildman–Crippen MR) is 122 cm³/mol. The van der Waals surface area contributed by atoms with E-state index in [1.165, 1.54) is 29.9 Å². The maximum absolute atomic E-state index is 13.8. The lowest BCUT2D eigenvalue weighted by atomic mass is 10.1. The fraction of sp³-hybridized carbons (Fsp3) is 0.261. The predicted octanol–water partition coefficient (Wildman–Crippen LogP) is 5.55. The molecule has 0 aliphatic carbocycles. The Bertz CT molecular complexity index is 1350. The van der Waals surface area contributed by atoms with Crippen LogP contribution in [0.2, 0.25) is 0 Å². The van der Waals surface area contributed by atoms with Gasteiger partial charge in [-0.1, -0.05) is 48.5 Å². The Morgan fingerprint density at radius 2 is 1.81 bits per heavy atom. The smallest absolute Gasteiger partial charge is 0.245 e. The molecule has 1 atom stereocenters. The molecule has 1 unspecified atom stereocenters. The zero-order valence-electron chi connectivity index (χ0n) is 17.9. The Kier molecular flexibility index (Phi) is 6.21. The normalized spacial score (nSPS) is 12.8. The molecule has 2 heterocycles. The van der Waals surface area contributed by atoms with Crippen molar-refractivity contribution in [2.45, 2.75) is 38.2 Å². The number of rotatable bonds is 7. The number of hydrogen-bond acceptors (Lipinski definition) is 7. The molecule has 2 aromatic heterocycles. The molecule has 0 fully saturated rings. The summed E-state index contributed by atoms with van der Waals surface area (Å²) in [5.41, 5.74) is 3.57. The minimum absolute atomic E-state index is 0.0356. The lowest BCUT2D eigenvalue weighted by Gasteiger charge is -2.07. The molecule has 0 N–H and O–H groups in total. The van der Waals surface area contributed by atoms with Gasteiger partial charge in [0.1, 0.15) is 16.1 Å². The zero-order valence-corrected chi connectivity index (χ0v) is 19.5. The van der Waals surface area contributed by atoms with Crippen molar-refractivity contribution in [1.82, 2.24) is 15.1 Å². The van der Waals surface area contributed by atoms with E-state index in [-0.39, 0.29) is 17.5 Å². The van der Waals surface area contributed by atoms with Gasteiger partial charge in [-0.05, 0) is 37.5 Å². The molecule has 0 radical (unpaired) electrons. The number of halogens is 1. The first-order valence-corrected chi connectivity index (χ1v) is 12.7. The van der Waals surface area contributed by atoms with E-state index >= 15 is 0 Å². The standard InChI is InChI=1S/C23H22FN3O3S2/c1-4-16-6-9-17(10-7-16)23-25-19(12-31-23)13-32(28,29)15(3)22-26-21(27-30-22)18-8-5-14(2)20(24)11-18/h5-12,15H,4,13H2,1-3H3. The van der Waals surface area contributed by atoms with E-state index in [2.05, 4.69) is 22.0 Å². The highest BCUT2D eigenvalue weighted by atomic mass is 32.2. The van der Waals surface area contributed by atoms with Gasteiger partial charge in [-0.2, -0.15) is 4.98 Å². The second kappa shape index (κ2) is 8.91. The summed E-state index contributed by atoms with van der Waals surface area (Å²) >= 11 is 1.41. The molecule has 0 saturated heterocycles. The summed E-state index contributed by atoms with van der Waals surface area (Å²) in [5.74, 6) is -0.522. The van der Waals surface area contributed by atoms with Crippen LogP contribution in [-0.2, 0) is 22.0 Å². The molecule has 6 nitrogen and oxygen atoms in total. The Hall–Kier alpha value is -2.91. The second-order valence-electron chi connectivity index (χ2n) is 7.56. The molecule has 9 heteroatoms. The summed E-state index contributed by atoms with van der Waals surface area (Å²) in [5, 5.41) is 5.33. The quantitative estimate of drug-likeness (QED) is 0.351. The molecule has 4 rings (SSSR count). The first-order valence-electron chi connectivity index (χ1n) is 10.1. The van der Waals surface area contributed by atoms with Gasteiger partial charge in [0.15, 0.2) is 9.84 Å². The summed E-state index contributed by atoms with van der Waals surface area (Å²) in [7, 11) is -3.66. The van der Waals surface area contributed by atoms with Crippen molar-refractivity contribution in [1.29, 1.82) is 0 Å². The second-order valence-corrected chi connectivity index (χ2v) is 10.7. The molecule has 0 amide bonds.